The van der Waals surface area contributed by atoms with Crippen molar-refractivity contribution in [3.05, 3.63) is 262 Å². The SMILES string of the molecule is [N-]=[N+]=NCCO[C@@H]1O[C@H](COC(=O)c2ccccc2)[C@@H](O[C@@H]2O[C@H](COC(=O)c3ccccc3)[C@H](OC(=O)c3ccccc3)[C@H](OC(=O)c3ccccc3)[C@H]2OC(=O)c2ccccc2)[C@H](OC(=O)c2ccccc2)[C@H]1OC(=O)c1ccccc1. The first-order chi connectivity index (χ1) is 41.0. The molecular weight excluding hydrogens is 1090 g/mol. The zero-order chi connectivity index (χ0) is 58.6. The van der Waals surface area contributed by atoms with Crippen LogP contribution in [-0.2, 0) is 52.1 Å². The van der Waals surface area contributed by atoms with Gasteiger partial charge in [0, 0.05) is 11.5 Å². The molecular formula is C63H53N3O18. The predicted octanol–water partition coefficient (Wildman–Crippen LogP) is 8.99. The number of carbonyl (C=O) groups is 7. The second-order valence-corrected chi connectivity index (χ2v) is 18.6. The van der Waals surface area contributed by atoms with Crippen molar-refractivity contribution in [2.24, 2.45) is 5.11 Å². The Morgan fingerprint density at radius 1 is 0.357 bits per heavy atom. The highest BCUT2D eigenvalue weighted by molar-refractivity contribution is 5.93. The first-order valence-corrected chi connectivity index (χ1v) is 26.4. The molecule has 2 aliphatic rings. The van der Waals surface area contributed by atoms with Gasteiger partial charge in [0.05, 0.1) is 45.6 Å². The molecule has 10 atom stereocenters. The standard InChI is InChI=1S/C63H53N3O18/c64-66-65-36-37-74-62-53(82-60(72)45-32-18-6-19-33-45)52(81-59(71)44-30-16-5-17-31-44)50(48(77-62)39-76-56(68)41-24-10-2-11-25-41)84-63-54(83-61(73)46-34-20-7-21-35-46)51(80-58(70)43-28-14-4-15-29-43)49(79-57(69)42-26-12-3-13-27-42)47(78-63)38-75-55(67)40-22-8-1-9-23-40/h1-35,47-54,62-63H,36-39H2/t47-,48-,49+,50-,51+,52+,53-,54-,62-,63+/m1/s1. The van der Waals surface area contributed by atoms with E-state index in [2.05, 4.69) is 10.0 Å². The van der Waals surface area contributed by atoms with Crippen molar-refractivity contribution in [1.82, 2.24) is 0 Å². The number of nitrogens with zero attached hydrogens (tertiary/aromatic N) is 3. The lowest BCUT2D eigenvalue weighted by atomic mass is 9.95. The number of carbonyl (C=O) groups excluding carboxylic acids is 7. The predicted molar refractivity (Wildman–Crippen MR) is 294 cm³/mol. The molecule has 0 N–H and O–H groups in total. The van der Waals surface area contributed by atoms with Crippen LogP contribution in [0.3, 0.4) is 0 Å². The average molecular weight is 1140 g/mol. The van der Waals surface area contributed by atoms with Gasteiger partial charge in [-0.2, -0.15) is 0 Å². The first kappa shape index (κ1) is 58.6. The molecule has 0 radical (unpaired) electrons. The fourth-order valence-electron chi connectivity index (χ4n) is 8.96. The van der Waals surface area contributed by atoms with Crippen molar-refractivity contribution >= 4 is 41.8 Å². The van der Waals surface area contributed by atoms with Gasteiger partial charge in [-0.15, -0.1) is 0 Å². The summed E-state index contributed by atoms with van der Waals surface area (Å²) in [5.41, 5.74) is 9.45. The molecule has 0 aliphatic carbocycles. The number of rotatable bonds is 22. The first-order valence-electron chi connectivity index (χ1n) is 26.4. The quantitative estimate of drug-likeness (QED) is 0.0153. The molecule has 84 heavy (non-hydrogen) atoms. The van der Waals surface area contributed by atoms with Crippen LogP contribution in [0.4, 0.5) is 0 Å². The Labute approximate surface area is 480 Å². The van der Waals surface area contributed by atoms with Crippen LogP contribution in [0.1, 0.15) is 72.5 Å². The van der Waals surface area contributed by atoms with E-state index in [4.69, 9.17) is 57.6 Å². The molecule has 7 aromatic rings. The Bertz CT molecular complexity index is 3380. The Balaban J connectivity index is 1.21. The normalized spacial score (nSPS) is 21.6. The lowest BCUT2D eigenvalue weighted by molar-refractivity contribution is -0.356. The molecule has 0 spiro atoms. The minimum atomic E-state index is -2.09. The number of azide groups is 1. The Morgan fingerprint density at radius 2 is 0.631 bits per heavy atom. The zero-order valence-corrected chi connectivity index (χ0v) is 44.5. The van der Waals surface area contributed by atoms with Gasteiger partial charge >= 0.3 is 41.8 Å². The molecule has 2 aliphatic heterocycles. The summed E-state index contributed by atoms with van der Waals surface area (Å²) in [7, 11) is 0. The summed E-state index contributed by atoms with van der Waals surface area (Å²) in [5, 5.41) is 3.55. The van der Waals surface area contributed by atoms with Crippen LogP contribution < -0.4 is 0 Å². The summed E-state index contributed by atoms with van der Waals surface area (Å²) in [5.74, 6) is -6.71. The minimum absolute atomic E-state index is 0.00164. The van der Waals surface area contributed by atoms with Crippen molar-refractivity contribution in [2.75, 3.05) is 26.4 Å². The maximum Gasteiger partial charge on any atom is 0.338 e. The second kappa shape index (κ2) is 29.1. The van der Waals surface area contributed by atoms with Crippen LogP contribution in [0, 0.1) is 0 Å². The van der Waals surface area contributed by atoms with Crippen LogP contribution in [-0.4, -0.2) is 130 Å². The van der Waals surface area contributed by atoms with E-state index in [1.165, 1.54) is 84.9 Å². The largest absolute Gasteiger partial charge is 0.459 e. The van der Waals surface area contributed by atoms with Gasteiger partial charge in [-0.25, -0.2) is 33.6 Å². The number of benzene rings is 7. The third-order valence-electron chi connectivity index (χ3n) is 13.0. The molecule has 21 nitrogen and oxygen atoms in total. The van der Waals surface area contributed by atoms with Gasteiger partial charge in [-0.05, 0) is 90.5 Å². The Morgan fingerprint density at radius 3 is 0.976 bits per heavy atom. The summed E-state index contributed by atoms with van der Waals surface area (Å²) >= 11 is 0. The van der Waals surface area contributed by atoms with Crippen molar-refractivity contribution in [1.29, 1.82) is 0 Å². The molecule has 2 heterocycles. The van der Waals surface area contributed by atoms with E-state index in [1.54, 1.807) is 127 Å². The molecule has 7 aromatic carbocycles. The van der Waals surface area contributed by atoms with Crippen LogP contribution in [0.15, 0.2) is 217 Å². The average Bonchev–Trinajstić information content (AvgIpc) is 3.27. The van der Waals surface area contributed by atoms with Crippen LogP contribution in [0.5, 0.6) is 0 Å². The maximum absolute atomic E-state index is 14.6. The van der Waals surface area contributed by atoms with E-state index in [0.29, 0.717) is 0 Å². The lowest BCUT2D eigenvalue weighted by Crippen LogP contribution is -2.67. The van der Waals surface area contributed by atoms with E-state index >= 15 is 0 Å². The molecule has 21 heteroatoms. The van der Waals surface area contributed by atoms with Crippen molar-refractivity contribution < 1.29 is 85.7 Å². The van der Waals surface area contributed by atoms with Gasteiger partial charge in [0.25, 0.3) is 0 Å². The topological polar surface area (TPSA) is 270 Å². The Kier molecular flexibility index (Phi) is 20.3. The molecule has 0 unspecified atom stereocenters. The molecule has 0 bridgehead atoms. The van der Waals surface area contributed by atoms with E-state index < -0.39 is 116 Å². The fraction of sp³-hybridized carbons (Fsp3) is 0.222. The van der Waals surface area contributed by atoms with Crippen molar-refractivity contribution in [2.45, 2.75) is 61.4 Å². The van der Waals surface area contributed by atoms with Gasteiger partial charge in [0.2, 0.25) is 0 Å². The number of hydrogen-bond acceptors (Lipinski definition) is 19. The summed E-state index contributed by atoms with van der Waals surface area (Å²) in [6.07, 6.45) is -18.5. The van der Waals surface area contributed by atoms with Gasteiger partial charge in [-0.3, -0.25) is 0 Å². The molecule has 428 valence electrons. The van der Waals surface area contributed by atoms with E-state index in [1.807, 2.05) is 0 Å². The van der Waals surface area contributed by atoms with Gasteiger partial charge in [-0.1, -0.05) is 133 Å². The monoisotopic (exact) mass is 1140 g/mol. The summed E-state index contributed by atoms with van der Waals surface area (Å²) < 4.78 is 69.6. The molecule has 0 saturated carbocycles. The highest BCUT2D eigenvalue weighted by atomic mass is 16.8. The third kappa shape index (κ3) is 15.3. The molecule has 0 aromatic heterocycles. The number of esters is 7. The zero-order valence-electron chi connectivity index (χ0n) is 44.5. The van der Waals surface area contributed by atoms with Gasteiger partial charge in [0.15, 0.2) is 43.1 Å². The number of hydrogen-bond donors (Lipinski definition) is 0. The van der Waals surface area contributed by atoms with Crippen molar-refractivity contribution in [3.8, 4) is 0 Å². The molecule has 2 fully saturated rings. The lowest BCUT2D eigenvalue weighted by Gasteiger charge is -2.48. The van der Waals surface area contributed by atoms with E-state index in [0.717, 1.165) is 0 Å². The summed E-state index contributed by atoms with van der Waals surface area (Å²) in [6, 6.07) is 54.2. The highest BCUT2D eigenvalue weighted by Crippen LogP contribution is 2.37. The molecule has 2 saturated heterocycles. The summed E-state index contributed by atoms with van der Waals surface area (Å²) in [4.78, 5) is 103. The minimum Gasteiger partial charge on any atom is -0.459 e. The van der Waals surface area contributed by atoms with Crippen LogP contribution >= 0.6 is 0 Å². The van der Waals surface area contributed by atoms with Crippen molar-refractivity contribution in [3.63, 3.8) is 0 Å². The van der Waals surface area contributed by atoms with Crippen LogP contribution in [0.25, 0.3) is 10.4 Å². The van der Waals surface area contributed by atoms with Crippen LogP contribution in [0.2, 0.25) is 0 Å². The van der Waals surface area contributed by atoms with E-state index in [-0.39, 0.29) is 52.1 Å². The van der Waals surface area contributed by atoms with E-state index in [9.17, 15) is 33.6 Å². The molecule has 9 rings (SSSR count). The third-order valence-corrected chi connectivity index (χ3v) is 13.0. The number of ether oxygens (including phenoxy) is 11. The highest BCUT2D eigenvalue weighted by Gasteiger charge is 2.58. The smallest absolute Gasteiger partial charge is 0.338 e. The fourth-order valence-corrected chi connectivity index (χ4v) is 8.96. The molecule has 0 amide bonds. The second-order valence-electron chi connectivity index (χ2n) is 18.6. The maximum atomic E-state index is 14.6. The van der Waals surface area contributed by atoms with Gasteiger partial charge in [0.1, 0.15) is 31.5 Å². The summed E-state index contributed by atoms with van der Waals surface area (Å²) in [6.45, 7) is -2.13. The Hall–Kier alpha value is -10.0. The van der Waals surface area contributed by atoms with Gasteiger partial charge < -0.3 is 52.1 Å².